The highest BCUT2D eigenvalue weighted by Crippen LogP contribution is 2.34. The number of fused-ring (bicyclic) bond motifs is 2. The van der Waals surface area contributed by atoms with Gasteiger partial charge in [0.1, 0.15) is 25.7 Å². The second-order valence-electron chi connectivity index (χ2n) is 11.7. The molecule has 0 saturated carbocycles. The van der Waals surface area contributed by atoms with E-state index >= 15 is 0 Å². The van der Waals surface area contributed by atoms with Gasteiger partial charge < -0.3 is 20.9 Å². The zero-order valence-electron chi connectivity index (χ0n) is 28.3. The first-order valence-electron chi connectivity index (χ1n) is 16.6. The molecule has 4 aromatic heterocycles. The first kappa shape index (κ1) is 35.5. The summed E-state index contributed by atoms with van der Waals surface area (Å²) in [6, 6.07) is 18.9. The Morgan fingerprint density at radius 1 is 0.725 bits per heavy atom. The summed E-state index contributed by atoms with van der Waals surface area (Å²) in [7, 11) is 0. The Hall–Kier alpha value is -5.31. The Labute approximate surface area is 302 Å². The molecule has 1 aliphatic heterocycles. The number of carbonyl (C=O) groups excluding carboxylic acids is 3. The Bertz CT molecular complexity index is 2180. The van der Waals surface area contributed by atoms with Gasteiger partial charge in [0.05, 0.1) is 24.6 Å². The largest absolute Gasteiger partial charge is 0.462 e. The Morgan fingerprint density at radius 2 is 1.20 bits per heavy atom. The van der Waals surface area contributed by atoms with Gasteiger partial charge in [-0.25, -0.2) is 29.5 Å². The van der Waals surface area contributed by atoms with Crippen LogP contribution in [0.2, 0.25) is 0 Å². The molecule has 4 N–H and O–H groups in total. The number of thiophene rings is 2. The summed E-state index contributed by atoms with van der Waals surface area (Å²) in [4.78, 5) is 56.7. The predicted molar refractivity (Wildman–Crippen MR) is 201 cm³/mol. The normalized spacial score (nSPS) is 13.1. The molecule has 5 heterocycles. The molecule has 1 aliphatic rings. The summed E-state index contributed by atoms with van der Waals surface area (Å²) in [6.07, 6.45) is 4.70. The number of hydrogen-bond donors (Lipinski definition) is 2. The van der Waals surface area contributed by atoms with Crippen molar-refractivity contribution in [2.24, 2.45) is 0 Å². The van der Waals surface area contributed by atoms with E-state index in [9.17, 15) is 14.4 Å². The molecule has 0 amide bonds. The number of anilines is 2. The van der Waals surface area contributed by atoms with Crippen LogP contribution < -0.4 is 11.5 Å². The third-order valence-corrected chi connectivity index (χ3v) is 10.2. The fraction of sp³-hybridized carbons (Fsp3) is 0.270. The van der Waals surface area contributed by atoms with Crippen LogP contribution in [0.5, 0.6) is 0 Å². The number of nitrogens with zero attached hydrogens (tertiary/aromatic N) is 5. The molecule has 12 nitrogen and oxygen atoms in total. The summed E-state index contributed by atoms with van der Waals surface area (Å²) in [5, 5.41) is 1.55. The minimum absolute atomic E-state index is 0.129. The number of rotatable bonds is 9. The van der Waals surface area contributed by atoms with Crippen LogP contribution in [0.15, 0.2) is 60.7 Å². The zero-order chi connectivity index (χ0) is 35.9. The van der Waals surface area contributed by atoms with Crippen molar-refractivity contribution in [2.75, 3.05) is 37.8 Å². The SMILES string of the molecule is CCOC(=O)c1cc2c(-c3ccc(C=O)cc3)nc(N)nc2s1.CCOC(=O)c1cc2c(-c3ccc(CN4CCCCC4)cc3)nc(N)nc2s1. The van der Waals surface area contributed by atoms with Gasteiger partial charge in [0, 0.05) is 34.0 Å². The maximum absolute atomic E-state index is 12.1. The smallest absolute Gasteiger partial charge is 0.348 e. The van der Waals surface area contributed by atoms with Gasteiger partial charge in [-0.15, -0.1) is 22.7 Å². The lowest BCUT2D eigenvalue weighted by molar-refractivity contribution is 0.0522. The topological polar surface area (TPSA) is 177 Å². The lowest BCUT2D eigenvalue weighted by atomic mass is 10.1. The molecule has 14 heteroatoms. The van der Waals surface area contributed by atoms with Crippen molar-refractivity contribution >= 4 is 73.2 Å². The number of nitrogens with two attached hydrogens (primary N) is 2. The molecule has 6 aromatic rings. The molecule has 2 aromatic carbocycles. The third kappa shape index (κ3) is 8.36. The van der Waals surface area contributed by atoms with E-state index in [0.717, 1.165) is 40.4 Å². The summed E-state index contributed by atoms with van der Waals surface area (Å²) in [5.41, 5.74) is 16.7. The van der Waals surface area contributed by atoms with Crippen LogP contribution in [0.3, 0.4) is 0 Å². The van der Waals surface area contributed by atoms with E-state index in [0.29, 0.717) is 43.9 Å². The number of hydrogen-bond acceptors (Lipinski definition) is 14. The van der Waals surface area contributed by atoms with Crippen LogP contribution in [-0.2, 0) is 16.0 Å². The Kier molecular flexibility index (Phi) is 11.2. The minimum atomic E-state index is -0.392. The molecule has 51 heavy (non-hydrogen) atoms. The molecule has 0 bridgehead atoms. The lowest BCUT2D eigenvalue weighted by Crippen LogP contribution is -2.28. The number of benzene rings is 2. The highest BCUT2D eigenvalue weighted by atomic mass is 32.1. The fourth-order valence-electron chi connectivity index (χ4n) is 5.78. The van der Waals surface area contributed by atoms with E-state index in [1.165, 1.54) is 60.6 Å². The number of nitrogen functional groups attached to an aromatic ring is 2. The van der Waals surface area contributed by atoms with E-state index in [2.05, 4.69) is 49.1 Å². The molecule has 7 rings (SSSR count). The van der Waals surface area contributed by atoms with Gasteiger partial charge in [0.2, 0.25) is 11.9 Å². The molecule has 262 valence electrons. The first-order valence-corrected chi connectivity index (χ1v) is 18.2. The van der Waals surface area contributed by atoms with Crippen LogP contribution in [0.25, 0.3) is 42.9 Å². The number of ether oxygens (including phenoxy) is 2. The fourth-order valence-corrected chi connectivity index (χ4v) is 7.65. The lowest BCUT2D eigenvalue weighted by Gasteiger charge is -2.26. The molecular weight excluding hydrogens is 687 g/mol. The van der Waals surface area contributed by atoms with Gasteiger partial charge in [0.25, 0.3) is 0 Å². The van der Waals surface area contributed by atoms with E-state index < -0.39 is 5.97 Å². The third-order valence-electron chi connectivity index (χ3n) is 8.18. The molecule has 0 radical (unpaired) electrons. The number of aromatic nitrogens is 4. The maximum Gasteiger partial charge on any atom is 0.348 e. The van der Waals surface area contributed by atoms with Crippen LogP contribution in [0.1, 0.15) is 68.4 Å². The van der Waals surface area contributed by atoms with Gasteiger partial charge in [-0.1, -0.05) is 55.0 Å². The molecule has 0 unspecified atom stereocenters. The van der Waals surface area contributed by atoms with E-state index in [-0.39, 0.29) is 17.9 Å². The van der Waals surface area contributed by atoms with Crippen molar-refractivity contribution in [3.05, 3.63) is 81.5 Å². The Morgan fingerprint density at radius 3 is 1.65 bits per heavy atom. The van der Waals surface area contributed by atoms with E-state index in [4.69, 9.17) is 20.9 Å². The molecule has 0 spiro atoms. The molecule has 1 fully saturated rings. The van der Waals surface area contributed by atoms with Gasteiger partial charge in [0.15, 0.2) is 0 Å². The second-order valence-corrected chi connectivity index (χ2v) is 13.8. The van der Waals surface area contributed by atoms with Gasteiger partial charge in [-0.2, -0.15) is 0 Å². The monoisotopic (exact) mass is 723 g/mol. The number of likely N-dealkylation sites (tertiary alicyclic amines) is 1. The van der Waals surface area contributed by atoms with E-state index in [1.54, 1.807) is 50.2 Å². The van der Waals surface area contributed by atoms with Gasteiger partial charge in [-0.05, 0) is 57.5 Å². The van der Waals surface area contributed by atoms with Gasteiger partial charge in [-0.3, -0.25) is 9.69 Å². The van der Waals surface area contributed by atoms with Crippen molar-refractivity contribution in [3.8, 4) is 22.5 Å². The average Bonchev–Trinajstić information content (AvgIpc) is 3.77. The summed E-state index contributed by atoms with van der Waals surface area (Å²) in [5.74, 6) is -0.399. The molecule has 1 saturated heterocycles. The number of aldehydes is 1. The summed E-state index contributed by atoms with van der Waals surface area (Å²) in [6.45, 7) is 7.52. The van der Waals surface area contributed by atoms with Crippen LogP contribution >= 0.6 is 22.7 Å². The Balaban J connectivity index is 0.000000179. The van der Waals surface area contributed by atoms with Crippen LogP contribution in [-0.4, -0.2) is 69.4 Å². The minimum Gasteiger partial charge on any atom is -0.462 e. The number of piperidine rings is 1. The summed E-state index contributed by atoms with van der Waals surface area (Å²) >= 11 is 2.50. The summed E-state index contributed by atoms with van der Waals surface area (Å²) < 4.78 is 10.1. The molecule has 0 aliphatic carbocycles. The molecule has 0 atom stereocenters. The van der Waals surface area contributed by atoms with Crippen molar-refractivity contribution in [1.82, 2.24) is 24.8 Å². The van der Waals surface area contributed by atoms with Crippen molar-refractivity contribution in [3.63, 3.8) is 0 Å². The number of carbonyl (C=O) groups is 3. The predicted octanol–water partition coefficient (Wildman–Crippen LogP) is 7.03. The van der Waals surface area contributed by atoms with Gasteiger partial charge >= 0.3 is 11.9 Å². The van der Waals surface area contributed by atoms with Crippen molar-refractivity contribution in [1.29, 1.82) is 0 Å². The first-order chi connectivity index (χ1) is 24.8. The van der Waals surface area contributed by atoms with Crippen molar-refractivity contribution < 1.29 is 23.9 Å². The highest BCUT2D eigenvalue weighted by molar-refractivity contribution is 7.20. The quantitative estimate of drug-likeness (QED) is 0.115. The van der Waals surface area contributed by atoms with Crippen LogP contribution in [0, 0.1) is 0 Å². The standard InChI is InChI=1S/C21H24N4O2S.C16H13N3O3S/c1-2-27-20(26)17-12-16-18(23-21(22)24-19(16)28-17)15-8-6-14(7-9-15)13-25-10-4-3-5-11-25;1-2-22-15(21)12-7-11-13(18-16(17)19-14(11)23-12)10-5-3-9(8-20)4-6-10/h6-9,12H,2-5,10-11,13H2,1H3,(H2,22,23,24);3-8H,2H2,1H3,(H2,17,18,19). The highest BCUT2D eigenvalue weighted by Gasteiger charge is 2.19. The average molecular weight is 724 g/mol. The molecular formula is C37H37N7O5S2. The van der Waals surface area contributed by atoms with Crippen LogP contribution in [0.4, 0.5) is 11.9 Å². The zero-order valence-corrected chi connectivity index (χ0v) is 29.9. The number of esters is 2. The van der Waals surface area contributed by atoms with Crippen molar-refractivity contribution in [2.45, 2.75) is 39.7 Å². The second kappa shape index (κ2) is 16.1. The van der Waals surface area contributed by atoms with E-state index in [1.807, 2.05) is 0 Å². The maximum atomic E-state index is 12.1.